The van der Waals surface area contributed by atoms with Crippen molar-refractivity contribution in [3.8, 4) is 11.5 Å². The molecule has 0 bridgehead atoms. The van der Waals surface area contributed by atoms with E-state index in [2.05, 4.69) is 45.0 Å². The fourth-order valence-electron chi connectivity index (χ4n) is 1.86. The first-order valence-electron chi connectivity index (χ1n) is 5.77. The topological polar surface area (TPSA) is 38.9 Å². The molecule has 3 aromatic rings. The maximum absolute atomic E-state index is 5.79. The molecule has 2 heterocycles. The monoisotopic (exact) mass is 302 g/mol. The molecule has 0 aliphatic carbocycles. The van der Waals surface area contributed by atoms with Gasteiger partial charge in [0.15, 0.2) is 5.58 Å². The zero-order valence-corrected chi connectivity index (χ0v) is 11.4. The van der Waals surface area contributed by atoms with Gasteiger partial charge in [-0.1, -0.05) is 6.92 Å². The maximum atomic E-state index is 5.79. The fraction of sp³-hybridized carbons (Fsp3) is 0.143. The lowest BCUT2D eigenvalue weighted by Gasteiger charge is -1.96. The molecular formula is C14H11BrN2O. The Morgan fingerprint density at radius 1 is 1.33 bits per heavy atom. The van der Waals surface area contributed by atoms with Crippen LogP contribution in [0.5, 0.6) is 0 Å². The van der Waals surface area contributed by atoms with Crippen LogP contribution in [0.2, 0.25) is 0 Å². The van der Waals surface area contributed by atoms with E-state index in [4.69, 9.17) is 4.42 Å². The van der Waals surface area contributed by atoms with E-state index in [9.17, 15) is 0 Å². The number of hydrogen-bond donors (Lipinski definition) is 0. The van der Waals surface area contributed by atoms with Crippen molar-refractivity contribution < 1.29 is 4.42 Å². The molecular weight excluding hydrogens is 292 g/mol. The van der Waals surface area contributed by atoms with Gasteiger partial charge in [-0.05, 0) is 52.2 Å². The lowest BCUT2D eigenvalue weighted by molar-refractivity contribution is 0.617. The Morgan fingerprint density at radius 2 is 2.22 bits per heavy atom. The Morgan fingerprint density at radius 3 is 2.94 bits per heavy atom. The van der Waals surface area contributed by atoms with Gasteiger partial charge >= 0.3 is 0 Å². The van der Waals surface area contributed by atoms with Gasteiger partial charge < -0.3 is 4.42 Å². The minimum Gasteiger partial charge on any atom is -0.435 e. The summed E-state index contributed by atoms with van der Waals surface area (Å²) in [5, 5.41) is 0. The predicted octanol–water partition coefficient (Wildman–Crippen LogP) is 4.21. The first-order chi connectivity index (χ1) is 8.78. The van der Waals surface area contributed by atoms with Crippen LogP contribution in [0, 0.1) is 0 Å². The molecule has 1 aromatic carbocycles. The number of nitrogens with zero attached hydrogens (tertiary/aromatic N) is 2. The van der Waals surface area contributed by atoms with Gasteiger partial charge in [-0.15, -0.1) is 0 Å². The van der Waals surface area contributed by atoms with Crippen molar-refractivity contribution in [3.63, 3.8) is 0 Å². The number of benzene rings is 1. The Bertz CT molecular complexity index is 692. The molecule has 0 fully saturated rings. The maximum Gasteiger partial charge on any atom is 0.228 e. The van der Waals surface area contributed by atoms with Crippen molar-refractivity contribution in [2.45, 2.75) is 13.3 Å². The number of oxazole rings is 1. The summed E-state index contributed by atoms with van der Waals surface area (Å²) in [6, 6.07) is 7.94. The van der Waals surface area contributed by atoms with E-state index in [-0.39, 0.29) is 0 Å². The van der Waals surface area contributed by atoms with Crippen molar-refractivity contribution in [2.24, 2.45) is 0 Å². The number of aromatic nitrogens is 2. The van der Waals surface area contributed by atoms with Crippen LogP contribution >= 0.6 is 15.9 Å². The molecule has 3 rings (SSSR count). The molecule has 0 saturated heterocycles. The van der Waals surface area contributed by atoms with Crippen molar-refractivity contribution in [1.29, 1.82) is 0 Å². The van der Waals surface area contributed by atoms with E-state index in [0.29, 0.717) is 5.89 Å². The van der Waals surface area contributed by atoms with Gasteiger partial charge in [-0.3, -0.25) is 4.98 Å². The number of fused-ring (bicyclic) bond motifs is 1. The predicted molar refractivity (Wildman–Crippen MR) is 74.3 cm³/mol. The van der Waals surface area contributed by atoms with Gasteiger partial charge in [-0.25, -0.2) is 4.98 Å². The average molecular weight is 303 g/mol. The Kier molecular flexibility index (Phi) is 2.88. The highest BCUT2D eigenvalue weighted by molar-refractivity contribution is 9.10. The van der Waals surface area contributed by atoms with Crippen molar-refractivity contribution in [1.82, 2.24) is 9.97 Å². The quantitative estimate of drug-likeness (QED) is 0.711. The van der Waals surface area contributed by atoms with E-state index in [1.807, 2.05) is 12.1 Å². The van der Waals surface area contributed by atoms with Crippen LogP contribution in [-0.2, 0) is 6.42 Å². The normalized spacial score (nSPS) is 11.0. The van der Waals surface area contributed by atoms with Crippen LogP contribution < -0.4 is 0 Å². The van der Waals surface area contributed by atoms with Crippen LogP contribution in [0.15, 0.2) is 45.5 Å². The largest absolute Gasteiger partial charge is 0.435 e. The number of pyridine rings is 1. The second kappa shape index (κ2) is 4.53. The van der Waals surface area contributed by atoms with Gasteiger partial charge in [0, 0.05) is 12.4 Å². The van der Waals surface area contributed by atoms with Gasteiger partial charge in [0.2, 0.25) is 5.89 Å². The molecule has 0 atom stereocenters. The zero-order chi connectivity index (χ0) is 12.5. The average Bonchev–Trinajstić information content (AvgIpc) is 2.84. The molecule has 3 nitrogen and oxygen atoms in total. The molecule has 0 saturated carbocycles. The molecule has 0 N–H and O–H groups in total. The second-order valence-electron chi connectivity index (χ2n) is 4.04. The van der Waals surface area contributed by atoms with Crippen LogP contribution in [0.1, 0.15) is 12.5 Å². The van der Waals surface area contributed by atoms with E-state index >= 15 is 0 Å². The summed E-state index contributed by atoms with van der Waals surface area (Å²) in [6.45, 7) is 2.12. The third-order valence-corrected chi connectivity index (χ3v) is 3.41. The van der Waals surface area contributed by atoms with Crippen molar-refractivity contribution in [2.75, 3.05) is 0 Å². The highest BCUT2D eigenvalue weighted by atomic mass is 79.9. The molecule has 0 radical (unpaired) electrons. The van der Waals surface area contributed by atoms with Gasteiger partial charge in [0.25, 0.3) is 0 Å². The molecule has 90 valence electrons. The minimum atomic E-state index is 0.604. The molecule has 0 unspecified atom stereocenters. The lowest BCUT2D eigenvalue weighted by Crippen LogP contribution is -1.81. The van der Waals surface area contributed by atoms with Crippen LogP contribution in [0.3, 0.4) is 0 Å². The molecule has 0 amide bonds. The highest BCUT2D eigenvalue weighted by Gasteiger charge is 2.11. The van der Waals surface area contributed by atoms with Gasteiger partial charge in [0.05, 0.1) is 10.0 Å². The third kappa shape index (κ3) is 1.93. The molecule has 0 aliphatic rings. The van der Waals surface area contributed by atoms with Gasteiger partial charge in [0.1, 0.15) is 5.52 Å². The second-order valence-corrected chi connectivity index (χ2v) is 4.89. The summed E-state index contributed by atoms with van der Waals surface area (Å²) >= 11 is 3.53. The van der Waals surface area contributed by atoms with Crippen LogP contribution in [0.25, 0.3) is 22.6 Å². The van der Waals surface area contributed by atoms with Gasteiger partial charge in [-0.2, -0.15) is 0 Å². The SMILES string of the molecule is CCc1cc(Br)c2oc(-c3cccnc3)nc2c1. The smallest absolute Gasteiger partial charge is 0.228 e. The number of rotatable bonds is 2. The first kappa shape index (κ1) is 11.4. The van der Waals surface area contributed by atoms with Crippen molar-refractivity contribution in [3.05, 3.63) is 46.7 Å². The molecule has 0 spiro atoms. The summed E-state index contributed by atoms with van der Waals surface area (Å²) in [5.74, 6) is 0.604. The zero-order valence-electron chi connectivity index (χ0n) is 9.85. The van der Waals surface area contributed by atoms with E-state index in [1.54, 1.807) is 12.4 Å². The molecule has 18 heavy (non-hydrogen) atoms. The summed E-state index contributed by atoms with van der Waals surface area (Å²) in [7, 11) is 0. The Hall–Kier alpha value is -1.68. The molecule has 0 aliphatic heterocycles. The van der Waals surface area contributed by atoms with E-state index in [1.165, 1.54) is 5.56 Å². The molecule has 2 aromatic heterocycles. The van der Waals surface area contributed by atoms with Crippen molar-refractivity contribution >= 4 is 27.0 Å². The number of hydrogen-bond acceptors (Lipinski definition) is 3. The number of aryl methyl sites for hydroxylation is 1. The van der Waals surface area contributed by atoms with Crippen LogP contribution in [0.4, 0.5) is 0 Å². The lowest BCUT2D eigenvalue weighted by atomic mass is 10.1. The standard InChI is InChI=1S/C14H11BrN2O/c1-2-9-6-11(15)13-12(7-9)17-14(18-13)10-4-3-5-16-8-10/h3-8H,2H2,1H3. The first-order valence-corrected chi connectivity index (χ1v) is 6.56. The fourth-order valence-corrected chi connectivity index (χ4v) is 2.44. The van der Waals surface area contributed by atoms with E-state index < -0.39 is 0 Å². The molecule has 4 heteroatoms. The Labute approximate surface area is 113 Å². The summed E-state index contributed by atoms with van der Waals surface area (Å²) in [4.78, 5) is 8.59. The minimum absolute atomic E-state index is 0.604. The highest BCUT2D eigenvalue weighted by Crippen LogP contribution is 2.30. The summed E-state index contributed by atoms with van der Waals surface area (Å²) in [5.41, 5.74) is 3.78. The number of halogens is 1. The summed E-state index contributed by atoms with van der Waals surface area (Å²) < 4.78 is 6.73. The van der Waals surface area contributed by atoms with E-state index in [0.717, 1.165) is 27.6 Å². The summed E-state index contributed by atoms with van der Waals surface area (Å²) in [6.07, 6.45) is 4.46. The third-order valence-electron chi connectivity index (χ3n) is 2.82. The Balaban J connectivity index is 2.20. The van der Waals surface area contributed by atoms with Crippen LogP contribution in [-0.4, -0.2) is 9.97 Å².